The Morgan fingerprint density at radius 2 is 1.70 bits per heavy atom. The number of hydrogen-bond acceptors (Lipinski definition) is 8. The van der Waals surface area contributed by atoms with Gasteiger partial charge in [-0.25, -0.2) is 8.42 Å². The van der Waals surface area contributed by atoms with Crippen molar-refractivity contribution in [3.63, 3.8) is 0 Å². The summed E-state index contributed by atoms with van der Waals surface area (Å²) in [4.78, 5) is 1.79. The molecule has 0 fully saturated rings. The van der Waals surface area contributed by atoms with E-state index in [1.54, 1.807) is 17.0 Å². The van der Waals surface area contributed by atoms with Crippen LogP contribution in [0.15, 0.2) is 71.0 Å². The van der Waals surface area contributed by atoms with Crippen LogP contribution < -0.4 is 14.2 Å². The lowest BCUT2D eigenvalue weighted by molar-refractivity contribution is -0.677. The van der Waals surface area contributed by atoms with Crippen LogP contribution in [0.2, 0.25) is 0 Å². The zero-order valence-corrected chi connectivity index (χ0v) is 21.2. The minimum absolute atomic E-state index is 0.0870. The Hall–Kier alpha value is -3.45. The van der Waals surface area contributed by atoms with Crippen molar-refractivity contribution >= 4 is 53.9 Å². The second kappa shape index (κ2) is 9.78. The largest absolute Gasteiger partial charge is 0.748 e. The van der Waals surface area contributed by atoms with Gasteiger partial charge in [0.2, 0.25) is 11.5 Å². The summed E-state index contributed by atoms with van der Waals surface area (Å²) in [7, 11) is -8.51. The number of nitrogens with zero attached hydrogens (tertiary/aromatic N) is 2. The maximum absolute atomic E-state index is 11.3. The molecule has 1 aliphatic rings. The molecule has 2 heterocycles. The highest BCUT2D eigenvalue weighted by atomic mass is 32.2. The maximum Gasteiger partial charge on any atom is 0.379 e. The molecule has 0 unspecified atom stereocenters. The van der Waals surface area contributed by atoms with E-state index in [0.29, 0.717) is 23.1 Å². The number of ether oxygens (including phenoxy) is 1. The first kappa shape index (κ1) is 25.2. The van der Waals surface area contributed by atoms with E-state index < -0.39 is 31.7 Å². The van der Waals surface area contributed by atoms with Gasteiger partial charge in [-0.05, 0) is 36.1 Å². The number of oxazole rings is 1. The summed E-state index contributed by atoms with van der Waals surface area (Å²) in [5.41, 5.74) is 2.06. The van der Waals surface area contributed by atoms with E-state index in [1.165, 1.54) is 0 Å². The molecule has 0 radical (unpaired) electrons. The van der Waals surface area contributed by atoms with Crippen molar-refractivity contribution < 1.29 is 39.7 Å². The molecule has 0 saturated carbocycles. The molecule has 0 saturated heterocycles. The van der Waals surface area contributed by atoms with Gasteiger partial charge in [-0.15, -0.1) is 0 Å². The molecule has 0 atom stereocenters. The van der Waals surface area contributed by atoms with Gasteiger partial charge in [0.25, 0.3) is 15.6 Å². The van der Waals surface area contributed by atoms with Crippen LogP contribution in [0, 0.1) is 0 Å². The van der Waals surface area contributed by atoms with Crippen LogP contribution in [0.5, 0.6) is 5.75 Å². The van der Waals surface area contributed by atoms with Gasteiger partial charge in [-0.3, -0.25) is 4.55 Å². The lowest BCUT2D eigenvalue weighted by Gasteiger charge is -2.17. The van der Waals surface area contributed by atoms with E-state index in [1.807, 2.05) is 59.2 Å². The molecule has 5 rings (SSSR count). The molecule has 12 heteroatoms. The van der Waals surface area contributed by atoms with Crippen LogP contribution in [-0.2, 0) is 26.8 Å². The Balaban J connectivity index is 1.59. The van der Waals surface area contributed by atoms with Crippen molar-refractivity contribution in [2.24, 2.45) is 0 Å². The van der Waals surface area contributed by atoms with Crippen LogP contribution in [0.4, 0.5) is 5.69 Å². The zero-order valence-electron chi connectivity index (χ0n) is 19.6. The summed E-state index contributed by atoms with van der Waals surface area (Å²) in [5.74, 6) is 0.407. The average molecular weight is 545 g/mol. The smallest absolute Gasteiger partial charge is 0.379 e. The molecule has 1 N–H and O–H groups in total. The Kier molecular flexibility index (Phi) is 6.67. The van der Waals surface area contributed by atoms with Crippen molar-refractivity contribution in [2.75, 3.05) is 23.0 Å². The molecule has 0 aliphatic carbocycles. The molecular formula is C25H24N2O8S2. The lowest BCUT2D eigenvalue weighted by Crippen LogP contribution is -2.37. The number of hydrogen-bond donors (Lipinski definition) is 1. The molecule has 3 aromatic carbocycles. The standard InChI is InChI=1S/C25H24N2O8S2/c28-36(29,30)15-5-13-26-20-9-3-4-10-21(20)34-23(26)17-24-27(14-6-16-37(31,32)33)25-19-8-2-1-7-18(19)11-12-22(25)35-24/h1-4,7-12,17H,5-6,13-16H2,(H-,28,29,30,31,32,33). The summed E-state index contributed by atoms with van der Waals surface area (Å²) in [6, 6.07) is 18.7. The minimum Gasteiger partial charge on any atom is -0.748 e. The monoisotopic (exact) mass is 544 g/mol. The zero-order chi connectivity index (χ0) is 26.2. The summed E-state index contributed by atoms with van der Waals surface area (Å²) in [5, 5.41) is 1.87. The van der Waals surface area contributed by atoms with Gasteiger partial charge in [-0.1, -0.05) is 36.4 Å². The number of benzene rings is 3. The Morgan fingerprint density at radius 1 is 0.946 bits per heavy atom. The molecule has 4 aromatic rings. The molecule has 10 nitrogen and oxygen atoms in total. The van der Waals surface area contributed by atoms with Crippen molar-refractivity contribution in [3.8, 4) is 5.75 Å². The highest BCUT2D eigenvalue weighted by molar-refractivity contribution is 7.85. The predicted octanol–water partition coefficient (Wildman–Crippen LogP) is 3.28. The van der Waals surface area contributed by atoms with Gasteiger partial charge >= 0.3 is 5.89 Å². The van der Waals surface area contributed by atoms with Crippen LogP contribution in [0.1, 0.15) is 18.7 Å². The van der Waals surface area contributed by atoms with E-state index in [2.05, 4.69) is 0 Å². The van der Waals surface area contributed by atoms with E-state index in [9.17, 15) is 21.4 Å². The third-order valence-corrected chi connectivity index (χ3v) is 7.65. The van der Waals surface area contributed by atoms with Gasteiger partial charge in [0.1, 0.15) is 6.08 Å². The van der Waals surface area contributed by atoms with E-state index >= 15 is 0 Å². The van der Waals surface area contributed by atoms with E-state index in [4.69, 9.17) is 13.7 Å². The number of anilines is 1. The number of aromatic nitrogens is 1. The second-order valence-electron chi connectivity index (χ2n) is 8.68. The molecule has 1 aromatic heterocycles. The van der Waals surface area contributed by atoms with Gasteiger partial charge in [0.15, 0.2) is 12.3 Å². The van der Waals surface area contributed by atoms with Gasteiger partial charge in [-0.2, -0.15) is 13.0 Å². The Morgan fingerprint density at radius 3 is 2.49 bits per heavy atom. The van der Waals surface area contributed by atoms with Gasteiger partial charge < -0.3 is 18.6 Å². The van der Waals surface area contributed by atoms with Crippen molar-refractivity contribution in [2.45, 2.75) is 19.4 Å². The first-order chi connectivity index (χ1) is 17.6. The lowest BCUT2D eigenvalue weighted by atomic mass is 10.1. The summed E-state index contributed by atoms with van der Waals surface area (Å²) >= 11 is 0. The second-order valence-corrected chi connectivity index (χ2v) is 11.8. The molecule has 1 aliphatic heterocycles. The molecular weight excluding hydrogens is 520 g/mol. The first-order valence-corrected chi connectivity index (χ1v) is 14.8. The van der Waals surface area contributed by atoms with Crippen LogP contribution in [0.3, 0.4) is 0 Å². The SMILES string of the molecule is O=S(=O)([O-])CCC[n+]1c(/C=C2\Oc3ccccc3N2CCCS(=O)(=O)O)oc2ccc3ccccc3c21. The van der Waals surface area contributed by atoms with Crippen LogP contribution in [-0.4, -0.2) is 44.0 Å². The number of fused-ring (bicyclic) bond motifs is 4. The molecule has 37 heavy (non-hydrogen) atoms. The fourth-order valence-corrected chi connectivity index (χ4v) is 5.48. The third kappa shape index (κ3) is 5.62. The van der Waals surface area contributed by atoms with Gasteiger partial charge in [0.05, 0.1) is 26.9 Å². The minimum atomic E-state index is -4.39. The van der Waals surface area contributed by atoms with Crippen LogP contribution >= 0.6 is 0 Å². The fourth-order valence-electron chi connectivity index (χ4n) is 4.50. The highest BCUT2D eigenvalue weighted by Crippen LogP contribution is 2.39. The number of para-hydroxylation sites is 2. The summed E-state index contributed by atoms with van der Waals surface area (Å²) in [6.07, 6.45) is 1.90. The van der Waals surface area contributed by atoms with Crippen molar-refractivity contribution in [1.29, 1.82) is 0 Å². The number of aryl methyl sites for hydroxylation is 1. The van der Waals surface area contributed by atoms with Gasteiger partial charge in [0, 0.05) is 18.7 Å². The molecule has 0 bridgehead atoms. The molecule has 0 amide bonds. The topological polar surface area (TPSA) is 141 Å². The Labute approximate surface area is 213 Å². The molecule has 194 valence electrons. The fraction of sp³-hybridized carbons (Fsp3) is 0.240. The summed E-state index contributed by atoms with van der Waals surface area (Å²) < 4.78 is 79.5. The normalized spacial score (nSPS) is 15.0. The molecule has 0 spiro atoms. The van der Waals surface area contributed by atoms with Crippen molar-refractivity contribution in [3.05, 3.63) is 72.4 Å². The van der Waals surface area contributed by atoms with E-state index in [0.717, 1.165) is 22.0 Å². The Bertz CT molecular complexity index is 1730. The third-order valence-electron chi connectivity index (χ3n) is 6.06. The predicted molar refractivity (Wildman–Crippen MR) is 137 cm³/mol. The maximum atomic E-state index is 11.3. The summed E-state index contributed by atoms with van der Waals surface area (Å²) in [6.45, 7) is 0.456. The quantitative estimate of drug-likeness (QED) is 0.248. The number of rotatable bonds is 9. The average Bonchev–Trinajstić information content (AvgIpc) is 3.36. The highest BCUT2D eigenvalue weighted by Gasteiger charge is 2.30. The van der Waals surface area contributed by atoms with E-state index in [-0.39, 0.29) is 25.9 Å². The first-order valence-electron chi connectivity index (χ1n) is 11.6. The van der Waals surface area contributed by atoms with Crippen LogP contribution in [0.25, 0.3) is 27.9 Å². The van der Waals surface area contributed by atoms with Crippen molar-refractivity contribution in [1.82, 2.24) is 0 Å².